The van der Waals surface area contributed by atoms with Gasteiger partial charge in [0.1, 0.15) is 17.9 Å². The lowest BCUT2D eigenvalue weighted by molar-refractivity contribution is -0.236. The summed E-state index contributed by atoms with van der Waals surface area (Å²) in [5.74, 6) is 0.925. The molecule has 7 heteroatoms. The molecule has 0 aliphatic carbocycles. The molecule has 2 saturated heterocycles. The molecular weight excluding hydrogens is 520 g/mol. The van der Waals surface area contributed by atoms with Gasteiger partial charge in [-0.1, -0.05) is 70.5 Å². The average Bonchev–Trinajstić information content (AvgIpc) is 3.57. The number of ether oxygens (including phenoxy) is 3. The van der Waals surface area contributed by atoms with E-state index in [1.165, 1.54) is 0 Å². The third-order valence-corrected chi connectivity index (χ3v) is 8.51. The summed E-state index contributed by atoms with van der Waals surface area (Å²) in [4.78, 5) is 0. The van der Waals surface area contributed by atoms with Crippen LogP contribution in [0.1, 0.15) is 81.5 Å². The number of rotatable bonds is 12. The van der Waals surface area contributed by atoms with Crippen LogP contribution < -0.4 is 4.74 Å². The Morgan fingerprint density at radius 2 is 1.93 bits per heavy atom. The maximum Gasteiger partial charge on any atom is 0.189 e. The lowest BCUT2D eigenvalue weighted by atomic mass is 9.80. The van der Waals surface area contributed by atoms with Crippen molar-refractivity contribution in [2.45, 2.75) is 103 Å². The Labute approximate surface area is 242 Å². The van der Waals surface area contributed by atoms with Crippen LogP contribution in [0.2, 0.25) is 0 Å². The zero-order valence-corrected chi connectivity index (χ0v) is 24.6. The number of furan rings is 1. The highest BCUT2D eigenvalue weighted by Gasteiger charge is 2.68. The van der Waals surface area contributed by atoms with Gasteiger partial charge in [-0.3, -0.25) is 0 Å². The standard InChI is InChI=1S/C34H44O7/c1-5-11-24(28-18-29(36)34(33(37)40-28)30(6-2)41-34)27-20-39-32-25(27)17-23(16-21(3)4)31(26(32)19-35)38-15-10-14-22-12-8-7-9-13-22/h7-10,12-14,17,20-21,24,28-30,33,35-37H,5-6,11,15-16,18-19H2,1-4H3/b14-10+/t24?,28-,29-,30-,33-,34+/m1/s1. The van der Waals surface area contributed by atoms with E-state index in [2.05, 4.69) is 26.8 Å². The summed E-state index contributed by atoms with van der Waals surface area (Å²) in [6, 6.07) is 12.2. The van der Waals surface area contributed by atoms with E-state index in [1.54, 1.807) is 6.26 Å². The molecule has 1 unspecified atom stereocenters. The quantitative estimate of drug-likeness (QED) is 0.228. The van der Waals surface area contributed by atoms with E-state index in [9.17, 15) is 15.3 Å². The van der Waals surface area contributed by atoms with E-state index in [-0.39, 0.29) is 18.6 Å². The Bertz CT molecular complexity index is 1320. The molecule has 0 amide bonds. The van der Waals surface area contributed by atoms with Crippen molar-refractivity contribution in [2.75, 3.05) is 6.61 Å². The summed E-state index contributed by atoms with van der Waals surface area (Å²) in [5, 5.41) is 33.4. The maximum atomic E-state index is 11.1. The number of hydrogen-bond donors (Lipinski definition) is 3. The molecule has 0 radical (unpaired) electrons. The van der Waals surface area contributed by atoms with Gasteiger partial charge in [0.15, 0.2) is 11.9 Å². The number of hydrogen-bond acceptors (Lipinski definition) is 7. The van der Waals surface area contributed by atoms with E-state index < -0.39 is 24.1 Å². The largest absolute Gasteiger partial charge is 0.489 e. The molecule has 3 N–H and O–H groups in total. The Morgan fingerprint density at radius 3 is 2.56 bits per heavy atom. The van der Waals surface area contributed by atoms with Crippen LogP contribution in [0.4, 0.5) is 0 Å². The maximum absolute atomic E-state index is 11.1. The average molecular weight is 565 g/mol. The van der Waals surface area contributed by atoms with Gasteiger partial charge in [0.05, 0.1) is 36.7 Å². The van der Waals surface area contributed by atoms with Crippen molar-refractivity contribution in [3.8, 4) is 5.75 Å². The van der Waals surface area contributed by atoms with Gasteiger partial charge in [-0.05, 0) is 48.4 Å². The number of benzene rings is 2. The third-order valence-electron chi connectivity index (χ3n) is 8.51. The number of epoxide rings is 1. The Hall–Kier alpha value is -2.68. The molecule has 1 spiro atoms. The van der Waals surface area contributed by atoms with Crippen LogP contribution in [-0.4, -0.2) is 52.1 Å². The van der Waals surface area contributed by atoms with E-state index in [0.717, 1.165) is 41.3 Å². The minimum absolute atomic E-state index is 0.110. The van der Waals surface area contributed by atoms with E-state index in [0.29, 0.717) is 42.3 Å². The minimum atomic E-state index is -1.19. The molecule has 5 rings (SSSR count). The summed E-state index contributed by atoms with van der Waals surface area (Å²) in [6.45, 7) is 8.56. The molecule has 0 bridgehead atoms. The number of aliphatic hydroxyl groups is 3. The molecule has 2 aliphatic heterocycles. The first-order valence-corrected chi connectivity index (χ1v) is 15.0. The predicted molar refractivity (Wildman–Crippen MR) is 159 cm³/mol. The molecule has 41 heavy (non-hydrogen) atoms. The highest BCUT2D eigenvalue weighted by molar-refractivity contribution is 5.88. The van der Waals surface area contributed by atoms with Crippen molar-refractivity contribution in [1.29, 1.82) is 0 Å². The lowest BCUT2D eigenvalue weighted by Gasteiger charge is -2.39. The van der Waals surface area contributed by atoms with Gasteiger partial charge in [0, 0.05) is 23.3 Å². The van der Waals surface area contributed by atoms with Crippen molar-refractivity contribution in [2.24, 2.45) is 5.92 Å². The smallest absolute Gasteiger partial charge is 0.189 e. The zero-order valence-electron chi connectivity index (χ0n) is 24.6. The van der Waals surface area contributed by atoms with Crippen molar-refractivity contribution in [3.63, 3.8) is 0 Å². The first kappa shape index (κ1) is 29.8. The molecule has 0 saturated carbocycles. The molecule has 2 fully saturated rings. The van der Waals surface area contributed by atoms with Crippen molar-refractivity contribution in [3.05, 3.63) is 71.0 Å². The van der Waals surface area contributed by atoms with Gasteiger partial charge in [-0.15, -0.1) is 0 Å². The molecule has 222 valence electrons. The summed E-state index contributed by atoms with van der Waals surface area (Å²) in [5.41, 5.74) is 3.29. The monoisotopic (exact) mass is 564 g/mol. The minimum Gasteiger partial charge on any atom is -0.489 e. The summed E-state index contributed by atoms with van der Waals surface area (Å²) >= 11 is 0. The number of fused-ring (bicyclic) bond motifs is 1. The van der Waals surface area contributed by atoms with E-state index >= 15 is 0 Å². The molecule has 2 aromatic carbocycles. The van der Waals surface area contributed by atoms with Crippen LogP contribution in [0.5, 0.6) is 5.75 Å². The molecule has 6 atom stereocenters. The fraction of sp³-hybridized carbons (Fsp3) is 0.529. The van der Waals surface area contributed by atoms with Gasteiger partial charge in [-0.25, -0.2) is 0 Å². The first-order chi connectivity index (χ1) is 19.8. The van der Waals surface area contributed by atoms with Gasteiger partial charge in [0.2, 0.25) is 0 Å². The van der Waals surface area contributed by atoms with Crippen LogP contribution in [0, 0.1) is 5.92 Å². The highest BCUT2D eigenvalue weighted by Crippen LogP contribution is 2.52. The van der Waals surface area contributed by atoms with Crippen molar-refractivity contribution in [1.82, 2.24) is 0 Å². The van der Waals surface area contributed by atoms with Crippen molar-refractivity contribution < 1.29 is 33.9 Å². The summed E-state index contributed by atoms with van der Waals surface area (Å²) in [6.07, 6.45) is 6.68. The van der Waals surface area contributed by atoms with E-state index in [1.807, 2.05) is 49.4 Å². The fourth-order valence-corrected chi connectivity index (χ4v) is 6.51. The molecule has 3 heterocycles. The molecule has 2 aliphatic rings. The van der Waals surface area contributed by atoms with Gasteiger partial charge < -0.3 is 33.9 Å². The van der Waals surface area contributed by atoms with Crippen LogP contribution in [0.3, 0.4) is 0 Å². The van der Waals surface area contributed by atoms with Gasteiger partial charge in [-0.2, -0.15) is 0 Å². The second-order valence-electron chi connectivity index (χ2n) is 11.8. The van der Waals surface area contributed by atoms with Crippen molar-refractivity contribution >= 4 is 17.0 Å². The second kappa shape index (κ2) is 12.7. The number of aliphatic hydroxyl groups excluding tert-OH is 3. The van der Waals surface area contributed by atoms with Gasteiger partial charge in [0.25, 0.3) is 0 Å². The molecular formula is C34H44O7. The topological polar surface area (TPSA) is 105 Å². The highest BCUT2D eigenvalue weighted by atomic mass is 16.7. The first-order valence-electron chi connectivity index (χ1n) is 15.0. The SMILES string of the molecule is CCCC(c1coc2c(CO)c(OC/C=C/c3ccccc3)c(CC(C)C)cc12)[C@H]1C[C@@H](O)[C@@]2(O[C@@H]2CC)[C@H](O)O1. The molecule has 3 aromatic rings. The fourth-order valence-electron chi connectivity index (χ4n) is 6.51. The summed E-state index contributed by atoms with van der Waals surface area (Å²) in [7, 11) is 0. The molecule has 1 aromatic heterocycles. The lowest BCUT2D eigenvalue weighted by Crippen LogP contribution is -2.53. The second-order valence-corrected chi connectivity index (χ2v) is 11.8. The van der Waals surface area contributed by atoms with E-state index in [4.69, 9.17) is 18.6 Å². The predicted octanol–water partition coefficient (Wildman–Crippen LogP) is 6.12. The van der Waals surface area contributed by atoms with Crippen LogP contribution in [0.15, 0.2) is 53.2 Å². The Kier molecular flexibility index (Phi) is 9.21. The van der Waals surface area contributed by atoms with Crippen LogP contribution in [0.25, 0.3) is 17.0 Å². The third kappa shape index (κ3) is 5.84. The van der Waals surface area contributed by atoms with Crippen LogP contribution >= 0.6 is 0 Å². The normalized spacial score (nSPS) is 26.8. The van der Waals surface area contributed by atoms with Crippen LogP contribution in [-0.2, 0) is 22.5 Å². The zero-order chi connectivity index (χ0) is 29.1. The van der Waals surface area contributed by atoms with Gasteiger partial charge >= 0.3 is 0 Å². The summed E-state index contributed by atoms with van der Waals surface area (Å²) < 4.78 is 24.4. The Balaban J connectivity index is 1.47. The molecule has 7 nitrogen and oxygen atoms in total. The Morgan fingerprint density at radius 1 is 1.15 bits per heavy atom.